The van der Waals surface area contributed by atoms with E-state index in [2.05, 4.69) is 15.9 Å². The Kier molecular flexibility index (Phi) is 5.40. The zero-order valence-corrected chi connectivity index (χ0v) is 11.3. The molecule has 1 aromatic rings. The van der Waals surface area contributed by atoms with E-state index in [1.54, 1.807) is 6.07 Å². The lowest BCUT2D eigenvalue weighted by atomic mass is 10.2. The average molecular weight is 303 g/mol. The summed E-state index contributed by atoms with van der Waals surface area (Å²) >= 11 is 3.36. The highest BCUT2D eigenvalue weighted by molar-refractivity contribution is 9.10. The van der Waals surface area contributed by atoms with Crippen LogP contribution in [0, 0.1) is 6.92 Å². The van der Waals surface area contributed by atoms with Crippen LogP contribution in [0.3, 0.4) is 0 Å². The average Bonchev–Trinajstić information content (AvgIpc) is 2.30. The molecule has 0 radical (unpaired) electrons. The number of hydrogen-bond donors (Lipinski definition) is 2. The minimum absolute atomic E-state index is 0.137. The third-order valence-corrected chi connectivity index (χ3v) is 2.65. The van der Waals surface area contributed by atoms with Crippen LogP contribution in [0.5, 0.6) is 5.75 Å². The lowest BCUT2D eigenvalue weighted by molar-refractivity contribution is -0.130. The van der Waals surface area contributed by atoms with E-state index in [0.29, 0.717) is 5.75 Å². The number of carbonyl (C=O) groups excluding carboxylic acids is 1. The van der Waals surface area contributed by atoms with Gasteiger partial charge in [0.2, 0.25) is 6.10 Å². The number of rotatable bonds is 5. The van der Waals surface area contributed by atoms with E-state index >= 15 is 0 Å². The standard InChI is InChI=1S/C11H15BrN2O3/c1-7-5-8(12)3-4-9(7)17-10(6-16-2)11(15)14-13/h3-5,10H,6,13H2,1-2H3,(H,14,15). The molecule has 1 rings (SSSR count). The fraction of sp³-hybridized carbons (Fsp3) is 0.364. The topological polar surface area (TPSA) is 73.6 Å². The van der Waals surface area contributed by atoms with Crippen LogP contribution < -0.4 is 16.0 Å². The quantitative estimate of drug-likeness (QED) is 0.486. The van der Waals surface area contributed by atoms with Crippen molar-refractivity contribution >= 4 is 21.8 Å². The second-order valence-electron chi connectivity index (χ2n) is 3.48. The van der Waals surface area contributed by atoms with Gasteiger partial charge in [-0.05, 0) is 30.7 Å². The predicted molar refractivity (Wildman–Crippen MR) is 67.5 cm³/mol. The first-order valence-electron chi connectivity index (χ1n) is 5.00. The molecule has 0 saturated heterocycles. The van der Waals surface area contributed by atoms with Gasteiger partial charge < -0.3 is 9.47 Å². The summed E-state index contributed by atoms with van der Waals surface area (Å²) < 4.78 is 11.4. The molecule has 94 valence electrons. The second-order valence-corrected chi connectivity index (χ2v) is 4.40. The van der Waals surface area contributed by atoms with Gasteiger partial charge in [0.25, 0.3) is 5.91 Å². The summed E-state index contributed by atoms with van der Waals surface area (Å²) in [6.45, 7) is 2.03. The third-order valence-electron chi connectivity index (χ3n) is 2.16. The van der Waals surface area contributed by atoms with Gasteiger partial charge in [0.05, 0.1) is 6.61 Å². The number of hydrogen-bond acceptors (Lipinski definition) is 4. The summed E-state index contributed by atoms with van der Waals surface area (Å²) in [6.07, 6.45) is -0.759. The van der Waals surface area contributed by atoms with Gasteiger partial charge in [-0.1, -0.05) is 15.9 Å². The van der Waals surface area contributed by atoms with Gasteiger partial charge in [-0.25, -0.2) is 5.84 Å². The number of halogens is 1. The van der Waals surface area contributed by atoms with Crippen molar-refractivity contribution in [1.29, 1.82) is 0 Å². The molecule has 17 heavy (non-hydrogen) atoms. The third kappa shape index (κ3) is 3.99. The van der Waals surface area contributed by atoms with Crippen molar-refractivity contribution in [3.05, 3.63) is 28.2 Å². The summed E-state index contributed by atoms with van der Waals surface area (Å²) in [4.78, 5) is 11.4. The summed E-state index contributed by atoms with van der Waals surface area (Å²) in [5, 5.41) is 0. The molecule has 0 aliphatic rings. The Bertz CT molecular complexity index is 398. The molecule has 1 amide bonds. The van der Waals surface area contributed by atoms with Crippen LogP contribution in [-0.4, -0.2) is 25.7 Å². The van der Waals surface area contributed by atoms with Crippen LogP contribution in [0.25, 0.3) is 0 Å². The summed E-state index contributed by atoms with van der Waals surface area (Å²) in [7, 11) is 1.49. The van der Waals surface area contributed by atoms with E-state index in [0.717, 1.165) is 10.0 Å². The van der Waals surface area contributed by atoms with Gasteiger partial charge in [-0.3, -0.25) is 10.2 Å². The normalized spacial score (nSPS) is 12.0. The maximum atomic E-state index is 11.4. The van der Waals surface area contributed by atoms with Gasteiger partial charge in [-0.15, -0.1) is 0 Å². The number of hydrazine groups is 1. The molecule has 0 spiro atoms. The smallest absolute Gasteiger partial charge is 0.277 e. The zero-order chi connectivity index (χ0) is 12.8. The minimum Gasteiger partial charge on any atom is -0.478 e. The molecule has 6 heteroatoms. The van der Waals surface area contributed by atoms with Gasteiger partial charge in [0.15, 0.2) is 0 Å². The van der Waals surface area contributed by atoms with E-state index in [4.69, 9.17) is 15.3 Å². The molecular weight excluding hydrogens is 288 g/mol. The Morgan fingerprint density at radius 1 is 1.59 bits per heavy atom. The zero-order valence-electron chi connectivity index (χ0n) is 9.70. The van der Waals surface area contributed by atoms with Gasteiger partial charge in [0.1, 0.15) is 5.75 Å². The number of nitrogens with two attached hydrogens (primary N) is 1. The van der Waals surface area contributed by atoms with Crippen molar-refractivity contribution in [1.82, 2.24) is 5.43 Å². The molecule has 0 saturated carbocycles. The number of aryl methyl sites for hydroxylation is 1. The largest absolute Gasteiger partial charge is 0.478 e. The molecule has 0 bridgehead atoms. The highest BCUT2D eigenvalue weighted by Crippen LogP contribution is 2.23. The van der Waals surface area contributed by atoms with Crippen molar-refractivity contribution in [3.63, 3.8) is 0 Å². The minimum atomic E-state index is -0.759. The van der Waals surface area contributed by atoms with Crippen LogP contribution in [-0.2, 0) is 9.53 Å². The lowest BCUT2D eigenvalue weighted by Crippen LogP contribution is -2.44. The Labute approximate surface area is 108 Å². The number of ether oxygens (including phenoxy) is 2. The molecule has 1 unspecified atom stereocenters. The van der Waals surface area contributed by atoms with E-state index in [-0.39, 0.29) is 6.61 Å². The second kappa shape index (κ2) is 6.58. The van der Waals surface area contributed by atoms with Crippen LogP contribution in [0.15, 0.2) is 22.7 Å². The van der Waals surface area contributed by atoms with Crippen LogP contribution >= 0.6 is 15.9 Å². The first-order chi connectivity index (χ1) is 8.08. The molecule has 1 aromatic carbocycles. The van der Waals surface area contributed by atoms with Crippen molar-refractivity contribution < 1.29 is 14.3 Å². The number of benzene rings is 1. The van der Waals surface area contributed by atoms with Crippen molar-refractivity contribution in [2.45, 2.75) is 13.0 Å². The lowest BCUT2D eigenvalue weighted by Gasteiger charge is -2.18. The Balaban J connectivity index is 2.82. The molecule has 0 aromatic heterocycles. The van der Waals surface area contributed by atoms with Crippen LogP contribution in [0.1, 0.15) is 5.56 Å². The maximum Gasteiger partial charge on any atom is 0.277 e. The molecule has 0 fully saturated rings. The van der Waals surface area contributed by atoms with E-state index < -0.39 is 12.0 Å². The number of amides is 1. The molecule has 5 nitrogen and oxygen atoms in total. The monoisotopic (exact) mass is 302 g/mol. The number of methoxy groups -OCH3 is 1. The van der Waals surface area contributed by atoms with Crippen LogP contribution in [0.4, 0.5) is 0 Å². The Morgan fingerprint density at radius 3 is 2.82 bits per heavy atom. The summed E-state index contributed by atoms with van der Waals surface area (Å²) in [5.41, 5.74) is 2.97. The number of nitrogens with one attached hydrogen (secondary N) is 1. The van der Waals surface area contributed by atoms with E-state index in [1.165, 1.54) is 7.11 Å². The van der Waals surface area contributed by atoms with E-state index in [9.17, 15) is 4.79 Å². The summed E-state index contributed by atoms with van der Waals surface area (Å²) in [6, 6.07) is 5.53. The van der Waals surface area contributed by atoms with Gasteiger partial charge in [0, 0.05) is 11.6 Å². The van der Waals surface area contributed by atoms with Gasteiger partial charge in [-0.2, -0.15) is 0 Å². The number of carbonyl (C=O) groups is 1. The molecule has 0 aliphatic carbocycles. The highest BCUT2D eigenvalue weighted by Gasteiger charge is 2.20. The summed E-state index contributed by atoms with van der Waals surface area (Å²) in [5.74, 6) is 5.28. The fourth-order valence-electron chi connectivity index (χ4n) is 1.31. The highest BCUT2D eigenvalue weighted by atomic mass is 79.9. The van der Waals surface area contributed by atoms with Gasteiger partial charge >= 0.3 is 0 Å². The van der Waals surface area contributed by atoms with E-state index in [1.807, 2.05) is 24.5 Å². The predicted octanol–water partition coefficient (Wildman–Crippen LogP) is 1.14. The van der Waals surface area contributed by atoms with Crippen LogP contribution in [0.2, 0.25) is 0 Å². The first kappa shape index (κ1) is 14.0. The van der Waals surface area contributed by atoms with Crippen molar-refractivity contribution in [3.8, 4) is 5.75 Å². The van der Waals surface area contributed by atoms with Crippen molar-refractivity contribution in [2.24, 2.45) is 5.84 Å². The Morgan fingerprint density at radius 2 is 2.29 bits per heavy atom. The fourth-order valence-corrected chi connectivity index (χ4v) is 1.78. The first-order valence-corrected chi connectivity index (χ1v) is 5.80. The Hall–Kier alpha value is -1.11. The molecule has 0 aliphatic heterocycles. The molecule has 0 heterocycles. The van der Waals surface area contributed by atoms with Crippen molar-refractivity contribution in [2.75, 3.05) is 13.7 Å². The maximum absolute atomic E-state index is 11.4. The SMILES string of the molecule is COCC(Oc1ccc(Br)cc1C)C(=O)NN. The molecule has 1 atom stereocenters. The molecule has 3 N–H and O–H groups in total. The molecular formula is C11H15BrN2O3.